The molecular formula is C12H17N5O. The van der Waals surface area contributed by atoms with E-state index in [9.17, 15) is 0 Å². The second-order valence-electron chi connectivity index (χ2n) is 3.87. The maximum Gasteiger partial charge on any atom is 0.170 e. The number of aromatic nitrogens is 4. The Morgan fingerprint density at radius 3 is 2.89 bits per heavy atom. The number of nitrogens with one attached hydrogen (secondary N) is 1. The lowest BCUT2D eigenvalue weighted by atomic mass is 10.3. The fourth-order valence-electron chi connectivity index (χ4n) is 1.63. The number of benzene rings is 1. The summed E-state index contributed by atoms with van der Waals surface area (Å²) in [5.74, 6) is 0.804. The zero-order valence-electron chi connectivity index (χ0n) is 10.4. The Labute approximate surface area is 106 Å². The number of ether oxygens (including phenoxy) is 1. The van der Waals surface area contributed by atoms with Gasteiger partial charge in [-0.1, -0.05) is 18.2 Å². The summed E-state index contributed by atoms with van der Waals surface area (Å²) in [5.41, 5.74) is 0.969. The van der Waals surface area contributed by atoms with E-state index in [1.807, 2.05) is 30.3 Å². The Balaban J connectivity index is 1.92. The van der Waals surface area contributed by atoms with Crippen molar-refractivity contribution in [1.82, 2.24) is 25.5 Å². The minimum atomic E-state index is 0.644. The monoisotopic (exact) mass is 247 g/mol. The molecule has 0 bridgehead atoms. The van der Waals surface area contributed by atoms with E-state index in [-0.39, 0.29) is 0 Å². The highest BCUT2D eigenvalue weighted by Crippen LogP contribution is 2.06. The third kappa shape index (κ3) is 3.35. The third-order valence-electron chi connectivity index (χ3n) is 2.52. The van der Waals surface area contributed by atoms with Crippen LogP contribution in [0.25, 0.3) is 5.69 Å². The van der Waals surface area contributed by atoms with E-state index in [2.05, 4.69) is 20.8 Å². The highest BCUT2D eigenvalue weighted by molar-refractivity contribution is 5.30. The van der Waals surface area contributed by atoms with Crippen LogP contribution in [0.1, 0.15) is 12.2 Å². The van der Waals surface area contributed by atoms with Crippen molar-refractivity contribution in [3.63, 3.8) is 0 Å². The van der Waals surface area contributed by atoms with E-state index in [1.54, 1.807) is 11.8 Å². The predicted molar refractivity (Wildman–Crippen MR) is 67.4 cm³/mol. The first-order valence-electron chi connectivity index (χ1n) is 5.94. The summed E-state index contributed by atoms with van der Waals surface area (Å²) in [6.45, 7) is 2.29. The average molecular weight is 247 g/mol. The van der Waals surface area contributed by atoms with Crippen molar-refractivity contribution < 1.29 is 4.74 Å². The second kappa shape index (κ2) is 6.83. The van der Waals surface area contributed by atoms with E-state index in [1.165, 1.54) is 0 Å². The van der Waals surface area contributed by atoms with Crippen LogP contribution in [0, 0.1) is 0 Å². The van der Waals surface area contributed by atoms with E-state index in [4.69, 9.17) is 4.74 Å². The molecule has 1 aromatic heterocycles. The van der Waals surface area contributed by atoms with E-state index < -0.39 is 0 Å². The lowest BCUT2D eigenvalue weighted by Crippen LogP contribution is -2.19. The van der Waals surface area contributed by atoms with Gasteiger partial charge in [0.1, 0.15) is 0 Å². The van der Waals surface area contributed by atoms with Crippen LogP contribution in [0.15, 0.2) is 30.3 Å². The molecule has 0 spiro atoms. The highest BCUT2D eigenvalue weighted by Gasteiger charge is 2.06. The SMILES string of the molecule is COCCCNCc1nnnn1-c1ccccc1. The number of methoxy groups -OCH3 is 1. The van der Waals surface area contributed by atoms with Gasteiger partial charge in [0.25, 0.3) is 0 Å². The first kappa shape index (κ1) is 12.7. The van der Waals surface area contributed by atoms with Gasteiger partial charge >= 0.3 is 0 Å². The zero-order valence-corrected chi connectivity index (χ0v) is 10.4. The lowest BCUT2D eigenvalue weighted by molar-refractivity contribution is 0.194. The van der Waals surface area contributed by atoms with Gasteiger partial charge in [0.05, 0.1) is 12.2 Å². The molecule has 0 fully saturated rings. The molecule has 1 heterocycles. The minimum Gasteiger partial charge on any atom is -0.385 e. The van der Waals surface area contributed by atoms with E-state index >= 15 is 0 Å². The summed E-state index contributed by atoms with van der Waals surface area (Å²) < 4.78 is 6.73. The number of hydrogen-bond donors (Lipinski definition) is 1. The van der Waals surface area contributed by atoms with Crippen LogP contribution in [-0.4, -0.2) is 40.5 Å². The predicted octanol–water partition coefficient (Wildman–Crippen LogP) is 0.788. The maximum absolute atomic E-state index is 4.99. The van der Waals surface area contributed by atoms with Crippen molar-refractivity contribution >= 4 is 0 Å². The smallest absolute Gasteiger partial charge is 0.170 e. The summed E-state index contributed by atoms with van der Waals surface area (Å²) in [6, 6.07) is 9.85. The standard InChI is InChI=1S/C12H17N5O/c1-18-9-5-8-13-10-12-14-15-16-17(12)11-6-3-2-4-7-11/h2-4,6-7,13H,5,8-10H2,1H3. The first-order valence-corrected chi connectivity index (χ1v) is 5.94. The molecule has 6 nitrogen and oxygen atoms in total. The van der Waals surface area contributed by atoms with E-state index in [0.29, 0.717) is 6.54 Å². The van der Waals surface area contributed by atoms with Gasteiger partial charge in [-0.2, -0.15) is 4.68 Å². The molecule has 1 aromatic carbocycles. The molecule has 0 radical (unpaired) electrons. The largest absolute Gasteiger partial charge is 0.385 e. The Hall–Kier alpha value is -1.79. The molecule has 96 valence electrons. The Kier molecular flexibility index (Phi) is 4.80. The van der Waals surface area contributed by atoms with Gasteiger partial charge in [-0.15, -0.1) is 5.10 Å². The van der Waals surface area contributed by atoms with Crippen LogP contribution in [0.5, 0.6) is 0 Å². The van der Waals surface area contributed by atoms with Crippen molar-refractivity contribution in [2.45, 2.75) is 13.0 Å². The third-order valence-corrected chi connectivity index (χ3v) is 2.52. The van der Waals surface area contributed by atoms with Gasteiger partial charge in [0.2, 0.25) is 0 Å². The molecule has 18 heavy (non-hydrogen) atoms. The summed E-state index contributed by atoms with van der Waals surface area (Å²) in [5, 5.41) is 15.0. The fraction of sp³-hybridized carbons (Fsp3) is 0.417. The van der Waals surface area contributed by atoms with Crippen LogP contribution in [0.4, 0.5) is 0 Å². The van der Waals surface area contributed by atoms with Gasteiger partial charge in [0, 0.05) is 13.7 Å². The van der Waals surface area contributed by atoms with Crippen molar-refractivity contribution in [2.75, 3.05) is 20.3 Å². The molecule has 2 aromatic rings. The Morgan fingerprint density at radius 1 is 1.28 bits per heavy atom. The molecule has 1 N–H and O–H groups in total. The Morgan fingerprint density at radius 2 is 2.11 bits per heavy atom. The molecule has 0 saturated heterocycles. The van der Waals surface area contributed by atoms with E-state index in [0.717, 1.165) is 31.1 Å². The summed E-state index contributed by atoms with van der Waals surface area (Å²) in [6.07, 6.45) is 0.976. The fourth-order valence-corrected chi connectivity index (χ4v) is 1.63. The van der Waals surface area contributed by atoms with Gasteiger partial charge in [-0.3, -0.25) is 0 Å². The number of hydrogen-bond acceptors (Lipinski definition) is 5. The molecular weight excluding hydrogens is 230 g/mol. The minimum absolute atomic E-state index is 0.644. The topological polar surface area (TPSA) is 64.9 Å². The number of nitrogens with zero attached hydrogens (tertiary/aromatic N) is 4. The molecule has 0 unspecified atom stereocenters. The van der Waals surface area contributed by atoms with Crippen LogP contribution in [0.3, 0.4) is 0 Å². The molecule has 0 aliphatic rings. The van der Waals surface area contributed by atoms with Gasteiger partial charge < -0.3 is 10.1 Å². The molecule has 6 heteroatoms. The van der Waals surface area contributed by atoms with Crippen LogP contribution in [0.2, 0.25) is 0 Å². The van der Waals surface area contributed by atoms with Gasteiger partial charge in [0.15, 0.2) is 5.82 Å². The summed E-state index contributed by atoms with van der Waals surface area (Å²) >= 11 is 0. The Bertz CT molecular complexity index is 457. The van der Waals surface area contributed by atoms with Crippen molar-refractivity contribution in [2.24, 2.45) is 0 Å². The normalized spacial score (nSPS) is 10.7. The lowest BCUT2D eigenvalue weighted by Gasteiger charge is -2.05. The average Bonchev–Trinajstić information content (AvgIpc) is 2.88. The van der Waals surface area contributed by atoms with Gasteiger partial charge in [-0.25, -0.2) is 0 Å². The quantitative estimate of drug-likeness (QED) is 0.733. The highest BCUT2D eigenvalue weighted by atomic mass is 16.5. The molecule has 0 atom stereocenters. The van der Waals surface area contributed by atoms with Crippen molar-refractivity contribution in [3.05, 3.63) is 36.2 Å². The molecule has 0 aliphatic carbocycles. The molecule has 0 saturated carbocycles. The maximum atomic E-state index is 4.99. The van der Waals surface area contributed by atoms with Crippen LogP contribution in [-0.2, 0) is 11.3 Å². The number of rotatable bonds is 7. The van der Waals surface area contributed by atoms with Crippen molar-refractivity contribution in [1.29, 1.82) is 0 Å². The number of tetrazole rings is 1. The zero-order chi connectivity index (χ0) is 12.6. The van der Waals surface area contributed by atoms with Crippen LogP contribution < -0.4 is 5.32 Å². The van der Waals surface area contributed by atoms with Crippen molar-refractivity contribution in [3.8, 4) is 5.69 Å². The first-order chi connectivity index (χ1) is 8.92. The summed E-state index contributed by atoms with van der Waals surface area (Å²) in [7, 11) is 1.70. The molecule has 2 rings (SSSR count). The second-order valence-corrected chi connectivity index (χ2v) is 3.87. The molecule has 0 aliphatic heterocycles. The number of para-hydroxylation sites is 1. The van der Waals surface area contributed by atoms with Crippen LogP contribution >= 0.6 is 0 Å². The van der Waals surface area contributed by atoms with Gasteiger partial charge in [-0.05, 0) is 35.5 Å². The molecule has 0 amide bonds. The summed E-state index contributed by atoms with van der Waals surface area (Å²) in [4.78, 5) is 0.